The van der Waals surface area contributed by atoms with Crippen LogP contribution < -0.4 is 14.8 Å². The number of nitrogens with zero attached hydrogens (tertiary/aromatic N) is 2. The van der Waals surface area contributed by atoms with E-state index >= 15 is 0 Å². The highest BCUT2D eigenvalue weighted by molar-refractivity contribution is 5.92. The maximum atomic E-state index is 13.7. The molecule has 0 atom stereocenters. The number of nitrogens with one attached hydrogen (secondary N) is 1. The van der Waals surface area contributed by atoms with Gasteiger partial charge >= 0.3 is 6.03 Å². The van der Waals surface area contributed by atoms with Crippen LogP contribution in [0.4, 0.5) is 10.5 Å². The Morgan fingerprint density at radius 2 is 1.74 bits per heavy atom. The molecule has 2 aromatic carbocycles. The maximum absolute atomic E-state index is 13.7. The van der Waals surface area contributed by atoms with Gasteiger partial charge in [0.2, 0.25) is 12.7 Å². The average molecular weight is 522 g/mol. The molecule has 9 heteroatoms. The molecule has 3 amide bonds. The third-order valence-corrected chi connectivity index (χ3v) is 6.14. The molecule has 38 heavy (non-hydrogen) atoms. The van der Waals surface area contributed by atoms with Crippen LogP contribution in [0.5, 0.6) is 11.5 Å². The first-order chi connectivity index (χ1) is 18.4. The molecule has 9 nitrogen and oxygen atoms in total. The van der Waals surface area contributed by atoms with Crippen LogP contribution in [0.1, 0.15) is 36.0 Å². The van der Waals surface area contributed by atoms with Crippen molar-refractivity contribution in [3.8, 4) is 11.5 Å². The molecule has 1 aromatic heterocycles. The van der Waals surface area contributed by atoms with Crippen molar-refractivity contribution in [2.75, 3.05) is 38.4 Å². The first kappa shape index (κ1) is 27.1. The molecule has 3 aromatic rings. The molecule has 0 saturated carbocycles. The molecule has 0 bridgehead atoms. The van der Waals surface area contributed by atoms with Gasteiger partial charge in [0.15, 0.2) is 11.5 Å². The van der Waals surface area contributed by atoms with E-state index in [0.29, 0.717) is 55.7 Å². The molecule has 0 aliphatic carbocycles. The molecule has 2 heterocycles. The molecule has 1 aliphatic heterocycles. The third-order valence-electron chi connectivity index (χ3n) is 6.14. The number of carbonyl (C=O) groups is 2. The fourth-order valence-electron chi connectivity index (χ4n) is 4.11. The van der Waals surface area contributed by atoms with Crippen molar-refractivity contribution < 1.29 is 28.2 Å². The van der Waals surface area contributed by atoms with Gasteiger partial charge in [-0.15, -0.1) is 0 Å². The highest BCUT2D eigenvalue weighted by Gasteiger charge is 2.24. The molecule has 202 valence electrons. The summed E-state index contributed by atoms with van der Waals surface area (Å²) >= 11 is 0. The summed E-state index contributed by atoms with van der Waals surface area (Å²) in [4.78, 5) is 30.1. The zero-order chi connectivity index (χ0) is 26.9. The Bertz CT molecular complexity index is 1220. The summed E-state index contributed by atoms with van der Waals surface area (Å²) in [6, 6.07) is 16.6. The van der Waals surface area contributed by atoms with Gasteiger partial charge in [-0.25, -0.2) is 4.79 Å². The lowest BCUT2D eigenvalue weighted by atomic mass is 10.2. The van der Waals surface area contributed by atoms with E-state index in [1.54, 1.807) is 4.90 Å². The Morgan fingerprint density at radius 3 is 2.47 bits per heavy atom. The van der Waals surface area contributed by atoms with E-state index in [9.17, 15) is 9.59 Å². The standard InChI is InChI=1S/C29H35N3O6/c1-4-35-15-5-14-31(29(34)30-24-10-6-21(2)7-11-24)19-28(33)32(18-25-12-8-22(3)38-25)17-23-9-13-26-27(16-23)37-20-36-26/h6-13,16H,4-5,14-15,17-20H2,1-3H3,(H,30,34). The van der Waals surface area contributed by atoms with Crippen molar-refractivity contribution >= 4 is 17.6 Å². The largest absolute Gasteiger partial charge is 0.464 e. The average Bonchev–Trinajstić information content (AvgIpc) is 3.54. The second-order valence-electron chi connectivity index (χ2n) is 9.22. The lowest BCUT2D eigenvalue weighted by Crippen LogP contribution is -2.44. The molecule has 0 saturated heterocycles. The quantitative estimate of drug-likeness (QED) is 0.333. The Morgan fingerprint density at radius 1 is 0.947 bits per heavy atom. The third kappa shape index (κ3) is 7.52. The van der Waals surface area contributed by atoms with Gasteiger partial charge in [0.1, 0.15) is 18.1 Å². The van der Waals surface area contributed by atoms with Gasteiger partial charge in [-0.2, -0.15) is 0 Å². The van der Waals surface area contributed by atoms with E-state index in [1.165, 1.54) is 4.90 Å². The molecule has 0 spiro atoms. The lowest BCUT2D eigenvalue weighted by Gasteiger charge is -2.27. The second-order valence-corrected chi connectivity index (χ2v) is 9.22. The predicted octanol–water partition coefficient (Wildman–Crippen LogP) is 5.11. The van der Waals surface area contributed by atoms with E-state index < -0.39 is 0 Å². The van der Waals surface area contributed by atoms with Crippen molar-refractivity contribution in [3.63, 3.8) is 0 Å². The molecule has 0 unspecified atom stereocenters. The number of hydrogen-bond acceptors (Lipinski definition) is 6. The van der Waals surface area contributed by atoms with Crippen molar-refractivity contribution in [2.24, 2.45) is 0 Å². The number of ether oxygens (including phenoxy) is 3. The number of urea groups is 1. The molecule has 4 rings (SSSR count). The van der Waals surface area contributed by atoms with E-state index in [4.69, 9.17) is 18.6 Å². The van der Waals surface area contributed by atoms with Gasteiger partial charge in [0.25, 0.3) is 0 Å². The molecule has 1 N–H and O–H groups in total. The van der Waals surface area contributed by atoms with Crippen LogP contribution in [-0.4, -0.2) is 54.8 Å². The topological polar surface area (TPSA) is 93.5 Å². The fraction of sp³-hybridized carbons (Fsp3) is 0.379. The van der Waals surface area contributed by atoms with Crippen LogP contribution in [0.15, 0.2) is 59.0 Å². The summed E-state index contributed by atoms with van der Waals surface area (Å²) in [6.45, 7) is 7.94. The van der Waals surface area contributed by atoms with Crippen LogP contribution in [0, 0.1) is 13.8 Å². The van der Waals surface area contributed by atoms with Gasteiger partial charge < -0.3 is 33.7 Å². The van der Waals surface area contributed by atoms with Gasteiger partial charge in [-0.05, 0) is 69.2 Å². The van der Waals surface area contributed by atoms with Gasteiger partial charge in [0.05, 0.1) is 6.54 Å². The number of hydrogen-bond donors (Lipinski definition) is 1. The number of fused-ring (bicyclic) bond motifs is 1. The van der Waals surface area contributed by atoms with Crippen LogP contribution in [-0.2, 0) is 22.6 Å². The Labute approximate surface area is 223 Å². The van der Waals surface area contributed by atoms with E-state index in [1.807, 2.05) is 75.4 Å². The van der Waals surface area contributed by atoms with Crippen molar-refractivity contribution in [1.82, 2.24) is 9.80 Å². The molecule has 0 fully saturated rings. The summed E-state index contributed by atoms with van der Waals surface area (Å²) in [5.41, 5.74) is 2.66. The van der Waals surface area contributed by atoms with Crippen LogP contribution in [0.3, 0.4) is 0 Å². The Hall–Kier alpha value is -3.98. The number of amides is 3. The van der Waals surface area contributed by atoms with E-state index in [-0.39, 0.29) is 31.8 Å². The summed E-state index contributed by atoms with van der Waals surface area (Å²) < 4.78 is 22.1. The maximum Gasteiger partial charge on any atom is 0.322 e. The summed E-state index contributed by atoms with van der Waals surface area (Å²) in [7, 11) is 0. The molecular weight excluding hydrogens is 486 g/mol. The number of aryl methyl sites for hydroxylation is 2. The highest BCUT2D eigenvalue weighted by Crippen LogP contribution is 2.33. The van der Waals surface area contributed by atoms with Crippen LogP contribution >= 0.6 is 0 Å². The minimum absolute atomic E-state index is 0.0892. The van der Waals surface area contributed by atoms with Crippen molar-refractivity contribution in [1.29, 1.82) is 0 Å². The van der Waals surface area contributed by atoms with Gasteiger partial charge in [-0.3, -0.25) is 4.79 Å². The summed E-state index contributed by atoms with van der Waals surface area (Å²) in [6.07, 6.45) is 0.613. The first-order valence-corrected chi connectivity index (χ1v) is 12.8. The monoisotopic (exact) mass is 521 g/mol. The number of benzene rings is 2. The normalized spacial score (nSPS) is 11.9. The summed E-state index contributed by atoms with van der Waals surface area (Å²) in [5, 5.41) is 2.91. The Balaban J connectivity index is 1.50. The zero-order valence-electron chi connectivity index (χ0n) is 22.2. The SMILES string of the molecule is CCOCCCN(CC(=O)N(Cc1ccc2c(c1)OCO2)Cc1ccc(C)o1)C(=O)Nc1ccc(C)cc1. The molecule has 0 radical (unpaired) electrons. The van der Waals surface area contributed by atoms with Crippen molar-refractivity contribution in [2.45, 2.75) is 40.3 Å². The van der Waals surface area contributed by atoms with E-state index in [2.05, 4.69) is 5.32 Å². The minimum atomic E-state index is -0.337. The number of carbonyl (C=O) groups excluding carboxylic acids is 2. The first-order valence-electron chi connectivity index (χ1n) is 12.8. The zero-order valence-corrected chi connectivity index (χ0v) is 22.2. The van der Waals surface area contributed by atoms with Crippen LogP contribution in [0.2, 0.25) is 0 Å². The lowest BCUT2D eigenvalue weighted by molar-refractivity contribution is -0.133. The highest BCUT2D eigenvalue weighted by atomic mass is 16.7. The van der Waals surface area contributed by atoms with Crippen LogP contribution in [0.25, 0.3) is 0 Å². The fourth-order valence-corrected chi connectivity index (χ4v) is 4.11. The number of rotatable bonds is 12. The predicted molar refractivity (Wildman–Crippen MR) is 143 cm³/mol. The second kappa shape index (κ2) is 13.0. The Kier molecular flexibility index (Phi) is 9.26. The smallest absolute Gasteiger partial charge is 0.322 e. The summed E-state index contributed by atoms with van der Waals surface area (Å²) in [5.74, 6) is 2.57. The minimum Gasteiger partial charge on any atom is -0.464 e. The van der Waals surface area contributed by atoms with Crippen molar-refractivity contribution in [3.05, 3.63) is 77.2 Å². The number of furan rings is 1. The molecular formula is C29H35N3O6. The van der Waals surface area contributed by atoms with E-state index in [0.717, 1.165) is 16.9 Å². The molecule has 1 aliphatic rings. The number of anilines is 1. The van der Waals surface area contributed by atoms with Gasteiger partial charge in [0, 0.05) is 32.0 Å². The van der Waals surface area contributed by atoms with Gasteiger partial charge in [-0.1, -0.05) is 23.8 Å².